The number of aromatic nitrogens is 2. The molecule has 1 N–H and O–H groups in total. The summed E-state index contributed by atoms with van der Waals surface area (Å²) < 4.78 is 1.86. The highest BCUT2D eigenvalue weighted by Crippen LogP contribution is 2.31. The maximum absolute atomic E-state index is 12.3. The van der Waals surface area contributed by atoms with Crippen molar-refractivity contribution in [2.24, 2.45) is 0 Å². The van der Waals surface area contributed by atoms with Crippen molar-refractivity contribution in [3.05, 3.63) is 35.4 Å². The number of nitrogens with one attached hydrogen (secondary N) is 1. The third-order valence-electron chi connectivity index (χ3n) is 3.85. The lowest BCUT2D eigenvalue weighted by atomic mass is 9.88. The molecule has 0 unspecified atom stereocenters. The van der Waals surface area contributed by atoms with Crippen LogP contribution in [0.4, 0.5) is 0 Å². The maximum Gasteiger partial charge on any atom is 0.230 e. The summed E-state index contributed by atoms with van der Waals surface area (Å²) in [5.74, 6) is 1.52. The number of aryl methyl sites for hydroxylation is 1. The van der Waals surface area contributed by atoms with Crippen LogP contribution in [0, 0.1) is 0 Å². The molecule has 1 heterocycles. The first-order valence-electron chi connectivity index (χ1n) is 8.22. The van der Waals surface area contributed by atoms with Gasteiger partial charge in [-0.3, -0.25) is 4.79 Å². The Morgan fingerprint density at radius 3 is 2.92 bits per heavy atom. The molecular formula is C17H21N3OS3. The molecule has 0 aliphatic heterocycles. The molecule has 3 rings (SSSR count). The van der Waals surface area contributed by atoms with Gasteiger partial charge in [-0.1, -0.05) is 66.0 Å². The highest BCUT2D eigenvalue weighted by atomic mass is 32.2. The van der Waals surface area contributed by atoms with E-state index in [4.69, 9.17) is 0 Å². The minimum atomic E-state index is 0.0691. The monoisotopic (exact) mass is 379 g/mol. The van der Waals surface area contributed by atoms with Crippen LogP contribution in [0.25, 0.3) is 0 Å². The largest absolute Gasteiger partial charge is 0.349 e. The summed E-state index contributed by atoms with van der Waals surface area (Å²) >= 11 is 4.77. The first kappa shape index (κ1) is 17.8. The van der Waals surface area contributed by atoms with E-state index in [1.807, 2.05) is 0 Å². The Hall–Kier alpha value is -1.05. The fraction of sp³-hybridized carbons (Fsp3) is 0.471. The molecule has 1 atom stereocenters. The molecule has 24 heavy (non-hydrogen) atoms. The van der Waals surface area contributed by atoms with Crippen molar-refractivity contribution in [1.82, 2.24) is 15.5 Å². The van der Waals surface area contributed by atoms with E-state index >= 15 is 0 Å². The molecule has 0 radical (unpaired) electrons. The van der Waals surface area contributed by atoms with E-state index in [9.17, 15) is 4.79 Å². The number of hydrogen-bond donors (Lipinski definition) is 1. The number of carbonyl (C=O) groups is 1. The molecule has 2 aromatic rings. The van der Waals surface area contributed by atoms with Gasteiger partial charge in [0.15, 0.2) is 8.68 Å². The quantitative estimate of drug-likeness (QED) is 0.726. The van der Waals surface area contributed by atoms with Crippen LogP contribution in [0.3, 0.4) is 0 Å². The van der Waals surface area contributed by atoms with Crippen LogP contribution in [-0.2, 0) is 11.2 Å². The first-order chi connectivity index (χ1) is 11.8. The standard InChI is InChI=1S/C17H21N3OS3/c1-2-10-22-16-19-20-17(24-16)23-11-15(21)18-14-9-5-7-12-6-3-4-8-13(12)14/h3-4,6,8,14H,2,5,7,9-11H2,1H3,(H,18,21)/t14-/m1/s1. The van der Waals surface area contributed by atoms with Crippen molar-refractivity contribution in [2.75, 3.05) is 11.5 Å². The van der Waals surface area contributed by atoms with Gasteiger partial charge in [0.05, 0.1) is 11.8 Å². The van der Waals surface area contributed by atoms with Gasteiger partial charge in [0.2, 0.25) is 5.91 Å². The van der Waals surface area contributed by atoms with Crippen molar-refractivity contribution in [3.8, 4) is 0 Å². The Kier molecular flexibility index (Phi) is 6.57. The molecule has 128 valence electrons. The predicted molar refractivity (Wildman–Crippen MR) is 102 cm³/mol. The molecular weight excluding hydrogens is 358 g/mol. The Balaban J connectivity index is 1.50. The third kappa shape index (κ3) is 4.74. The number of thioether (sulfide) groups is 2. The Labute approximate surface area is 155 Å². The Bertz CT molecular complexity index is 689. The maximum atomic E-state index is 12.3. The zero-order chi connectivity index (χ0) is 16.8. The molecule has 1 aromatic heterocycles. The van der Waals surface area contributed by atoms with Gasteiger partial charge in [-0.05, 0) is 36.8 Å². The van der Waals surface area contributed by atoms with E-state index in [2.05, 4.69) is 46.7 Å². The number of benzene rings is 1. The van der Waals surface area contributed by atoms with Crippen LogP contribution < -0.4 is 5.32 Å². The smallest absolute Gasteiger partial charge is 0.230 e. The molecule has 7 heteroatoms. The summed E-state index contributed by atoms with van der Waals surface area (Å²) in [5, 5.41) is 11.5. The normalized spacial score (nSPS) is 16.6. The van der Waals surface area contributed by atoms with Crippen LogP contribution in [0.1, 0.15) is 43.4 Å². The van der Waals surface area contributed by atoms with Crippen LogP contribution >= 0.6 is 34.9 Å². The van der Waals surface area contributed by atoms with E-state index in [0.717, 1.165) is 40.1 Å². The van der Waals surface area contributed by atoms with E-state index in [0.29, 0.717) is 5.75 Å². The van der Waals surface area contributed by atoms with Crippen LogP contribution in [0.15, 0.2) is 32.9 Å². The first-order valence-corrected chi connectivity index (χ1v) is 11.0. The van der Waals surface area contributed by atoms with Gasteiger partial charge in [-0.2, -0.15) is 0 Å². The highest BCUT2D eigenvalue weighted by molar-refractivity contribution is 8.03. The predicted octanol–water partition coefficient (Wildman–Crippen LogP) is 4.33. The molecule has 0 saturated carbocycles. The SMILES string of the molecule is CCCSc1nnc(SCC(=O)N[C@@H]2CCCc3ccccc32)s1. The third-order valence-corrected chi connectivity index (χ3v) is 7.24. The molecule has 1 aromatic carbocycles. The summed E-state index contributed by atoms with van der Waals surface area (Å²) in [4.78, 5) is 12.3. The van der Waals surface area contributed by atoms with Crippen molar-refractivity contribution >= 4 is 40.8 Å². The molecule has 1 amide bonds. The molecule has 4 nitrogen and oxygen atoms in total. The zero-order valence-corrected chi connectivity index (χ0v) is 16.1. The lowest BCUT2D eigenvalue weighted by Gasteiger charge is -2.26. The summed E-state index contributed by atoms with van der Waals surface area (Å²) in [7, 11) is 0. The topological polar surface area (TPSA) is 54.9 Å². The molecule has 0 saturated heterocycles. The van der Waals surface area contributed by atoms with Crippen molar-refractivity contribution in [1.29, 1.82) is 0 Å². The van der Waals surface area contributed by atoms with Crippen LogP contribution in [0.2, 0.25) is 0 Å². The van der Waals surface area contributed by atoms with E-state index in [1.54, 1.807) is 23.1 Å². The number of rotatable bonds is 7. The van der Waals surface area contributed by atoms with Gasteiger partial charge in [0.1, 0.15) is 0 Å². The molecule has 0 bridgehead atoms. The van der Waals surface area contributed by atoms with Crippen LogP contribution in [-0.4, -0.2) is 27.6 Å². The average Bonchev–Trinajstić information content (AvgIpc) is 3.06. The van der Waals surface area contributed by atoms with Crippen molar-refractivity contribution in [3.63, 3.8) is 0 Å². The van der Waals surface area contributed by atoms with Gasteiger partial charge in [-0.15, -0.1) is 10.2 Å². The lowest BCUT2D eigenvalue weighted by Crippen LogP contribution is -2.32. The van der Waals surface area contributed by atoms with E-state index in [1.165, 1.54) is 22.9 Å². The van der Waals surface area contributed by atoms with Crippen LogP contribution in [0.5, 0.6) is 0 Å². The second kappa shape index (κ2) is 8.87. The Morgan fingerprint density at radius 2 is 2.08 bits per heavy atom. The summed E-state index contributed by atoms with van der Waals surface area (Å²) in [6, 6.07) is 8.57. The number of fused-ring (bicyclic) bond motifs is 1. The second-order valence-corrected chi connectivity index (χ2v) is 9.22. The molecule has 1 aliphatic carbocycles. The van der Waals surface area contributed by atoms with E-state index < -0.39 is 0 Å². The van der Waals surface area contributed by atoms with Gasteiger partial charge in [0, 0.05) is 5.75 Å². The summed E-state index contributed by atoms with van der Waals surface area (Å²) in [6.07, 6.45) is 4.38. The fourth-order valence-corrected chi connectivity index (χ4v) is 5.53. The van der Waals surface area contributed by atoms with E-state index in [-0.39, 0.29) is 11.9 Å². The molecule has 0 fully saturated rings. The fourth-order valence-electron chi connectivity index (χ4n) is 2.77. The minimum Gasteiger partial charge on any atom is -0.349 e. The van der Waals surface area contributed by atoms with Gasteiger partial charge >= 0.3 is 0 Å². The number of carbonyl (C=O) groups excluding carboxylic acids is 1. The molecule has 0 spiro atoms. The van der Waals surface area contributed by atoms with Gasteiger partial charge in [-0.25, -0.2) is 0 Å². The minimum absolute atomic E-state index is 0.0691. The zero-order valence-electron chi connectivity index (χ0n) is 13.7. The lowest BCUT2D eigenvalue weighted by molar-refractivity contribution is -0.119. The number of hydrogen-bond acceptors (Lipinski definition) is 6. The van der Waals surface area contributed by atoms with Crippen molar-refractivity contribution in [2.45, 2.75) is 47.3 Å². The number of amides is 1. The summed E-state index contributed by atoms with van der Waals surface area (Å²) in [5.41, 5.74) is 2.64. The molecule has 1 aliphatic rings. The van der Waals surface area contributed by atoms with Gasteiger partial charge < -0.3 is 5.32 Å². The number of nitrogens with zero attached hydrogens (tertiary/aromatic N) is 2. The second-order valence-electron chi connectivity index (χ2n) is 5.68. The average molecular weight is 380 g/mol. The van der Waals surface area contributed by atoms with Gasteiger partial charge in [0.25, 0.3) is 0 Å². The summed E-state index contributed by atoms with van der Waals surface area (Å²) in [6.45, 7) is 2.15. The highest BCUT2D eigenvalue weighted by Gasteiger charge is 2.21. The Morgan fingerprint density at radius 1 is 1.29 bits per heavy atom. The van der Waals surface area contributed by atoms with Crippen molar-refractivity contribution < 1.29 is 4.79 Å².